The number of piperazine rings is 1. The van der Waals surface area contributed by atoms with E-state index in [2.05, 4.69) is 12.2 Å². The predicted octanol–water partition coefficient (Wildman–Crippen LogP) is 1.11. The monoisotopic (exact) mass is 248 g/mol. The molecule has 1 aliphatic heterocycles. The number of ether oxygens (including phenoxy) is 1. The van der Waals surface area contributed by atoms with Gasteiger partial charge in [-0.2, -0.15) is 0 Å². The van der Waals surface area contributed by atoms with E-state index in [1.54, 1.807) is 0 Å². The fourth-order valence-corrected chi connectivity index (χ4v) is 1.95. The first kappa shape index (κ1) is 12.9. The Labute approximate surface area is 108 Å². The minimum atomic E-state index is 0.0646. The lowest BCUT2D eigenvalue weighted by Gasteiger charge is -2.27. The van der Waals surface area contributed by atoms with Crippen molar-refractivity contribution in [3.8, 4) is 5.75 Å². The number of aryl methyl sites for hydroxylation is 2. The van der Waals surface area contributed by atoms with Crippen LogP contribution in [-0.4, -0.2) is 43.6 Å². The lowest BCUT2D eigenvalue weighted by atomic mass is 10.1. The molecule has 18 heavy (non-hydrogen) atoms. The average Bonchev–Trinajstić information content (AvgIpc) is 2.41. The lowest BCUT2D eigenvalue weighted by molar-refractivity contribution is -0.133. The number of carbonyl (C=O) groups is 1. The molecule has 0 radical (unpaired) electrons. The summed E-state index contributed by atoms with van der Waals surface area (Å²) in [5.41, 5.74) is 2.41. The molecule has 0 unspecified atom stereocenters. The van der Waals surface area contributed by atoms with Crippen molar-refractivity contribution in [3.05, 3.63) is 29.3 Å². The minimum Gasteiger partial charge on any atom is -0.484 e. The smallest absolute Gasteiger partial charge is 0.260 e. The molecule has 1 heterocycles. The van der Waals surface area contributed by atoms with E-state index in [0.29, 0.717) is 0 Å². The van der Waals surface area contributed by atoms with E-state index in [1.165, 1.54) is 11.1 Å². The van der Waals surface area contributed by atoms with E-state index in [-0.39, 0.29) is 12.5 Å². The zero-order valence-corrected chi connectivity index (χ0v) is 11.0. The summed E-state index contributed by atoms with van der Waals surface area (Å²) in [6, 6.07) is 5.90. The van der Waals surface area contributed by atoms with E-state index < -0.39 is 0 Å². The van der Waals surface area contributed by atoms with Crippen LogP contribution in [0.5, 0.6) is 5.75 Å². The maximum absolute atomic E-state index is 11.9. The summed E-state index contributed by atoms with van der Waals surface area (Å²) in [7, 11) is 0. The molecule has 1 aromatic carbocycles. The maximum atomic E-state index is 11.9. The molecule has 4 nitrogen and oxygen atoms in total. The van der Waals surface area contributed by atoms with Gasteiger partial charge < -0.3 is 15.0 Å². The molecule has 1 fully saturated rings. The molecule has 0 saturated carbocycles. The van der Waals surface area contributed by atoms with Gasteiger partial charge in [0.15, 0.2) is 6.61 Å². The second kappa shape index (κ2) is 5.87. The quantitative estimate of drug-likeness (QED) is 0.871. The van der Waals surface area contributed by atoms with Crippen molar-refractivity contribution < 1.29 is 9.53 Å². The first-order valence-electron chi connectivity index (χ1n) is 6.35. The summed E-state index contributed by atoms with van der Waals surface area (Å²) in [6.07, 6.45) is 0. The van der Waals surface area contributed by atoms with E-state index in [9.17, 15) is 4.79 Å². The molecule has 0 bridgehead atoms. The normalized spacial score (nSPS) is 15.6. The zero-order chi connectivity index (χ0) is 13.0. The highest BCUT2D eigenvalue weighted by Gasteiger charge is 2.16. The summed E-state index contributed by atoms with van der Waals surface area (Å²) in [4.78, 5) is 13.7. The molecule has 4 heteroatoms. The van der Waals surface area contributed by atoms with Gasteiger partial charge in [-0.25, -0.2) is 0 Å². The van der Waals surface area contributed by atoms with E-state index in [1.807, 2.05) is 30.0 Å². The molecule has 1 N–H and O–H groups in total. The Balaban J connectivity index is 1.86. The Kier molecular flexibility index (Phi) is 4.20. The van der Waals surface area contributed by atoms with Crippen molar-refractivity contribution in [2.75, 3.05) is 32.8 Å². The summed E-state index contributed by atoms with van der Waals surface area (Å²) in [5.74, 6) is 0.830. The lowest BCUT2D eigenvalue weighted by Crippen LogP contribution is -2.47. The zero-order valence-electron chi connectivity index (χ0n) is 11.0. The van der Waals surface area contributed by atoms with Crippen LogP contribution >= 0.6 is 0 Å². The molecule has 0 atom stereocenters. The predicted molar refractivity (Wildman–Crippen MR) is 70.9 cm³/mol. The van der Waals surface area contributed by atoms with Gasteiger partial charge in [0, 0.05) is 26.2 Å². The number of hydrogen-bond acceptors (Lipinski definition) is 3. The van der Waals surface area contributed by atoms with Crippen LogP contribution in [-0.2, 0) is 4.79 Å². The largest absolute Gasteiger partial charge is 0.484 e. The van der Waals surface area contributed by atoms with Crippen LogP contribution < -0.4 is 10.1 Å². The fourth-order valence-electron chi connectivity index (χ4n) is 1.95. The van der Waals surface area contributed by atoms with E-state index in [4.69, 9.17) is 4.74 Å². The molecule has 2 rings (SSSR count). The molecule has 1 amide bonds. The number of hydrogen-bond donors (Lipinski definition) is 1. The van der Waals surface area contributed by atoms with Crippen LogP contribution in [0, 0.1) is 13.8 Å². The first-order chi connectivity index (χ1) is 8.66. The summed E-state index contributed by atoms with van der Waals surface area (Å²) < 4.78 is 5.55. The summed E-state index contributed by atoms with van der Waals surface area (Å²) in [5, 5.41) is 3.22. The highest BCUT2D eigenvalue weighted by Crippen LogP contribution is 2.16. The second-order valence-corrected chi connectivity index (χ2v) is 4.67. The van der Waals surface area contributed by atoms with Gasteiger partial charge in [-0.15, -0.1) is 0 Å². The molecule has 0 aliphatic carbocycles. The molecular weight excluding hydrogens is 228 g/mol. The maximum Gasteiger partial charge on any atom is 0.260 e. The number of rotatable bonds is 3. The third-order valence-electron chi connectivity index (χ3n) is 3.31. The number of carbonyl (C=O) groups excluding carboxylic acids is 1. The van der Waals surface area contributed by atoms with Crippen molar-refractivity contribution in [1.29, 1.82) is 0 Å². The van der Waals surface area contributed by atoms with Gasteiger partial charge in [0.2, 0.25) is 0 Å². The van der Waals surface area contributed by atoms with Crippen molar-refractivity contribution in [2.45, 2.75) is 13.8 Å². The first-order valence-corrected chi connectivity index (χ1v) is 6.35. The number of amides is 1. The van der Waals surface area contributed by atoms with Crippen LogP contribution in [0.3, 0.4) is 0 Å². The topological polar surface area (TPSA) is 41.6 Å². The summed E-state index contributed by atoms with van der Waals surface area (Å²) in [6.45, 7) is 7.52. The van der Waals surface area contributed by atoms with Gasteiger partial charge in [-0.1, -0.05) is 6.07 Å². The van der Waals surface area contributed by atoms with Crippen LogP contribution in [0.25, 0.3) is 0 Å². The van der Waals surface area contributed by atoms with Crippen LogP contribution in [0.1, 0.15) is 11.1 Å². The highest BCUT2D eigenvalue weighted by molar-refractivity contribution is 5.77. The van der Waals surface area contributed by atoms with Gasteiger partial charge in [0.05, 0.1) is 0 Å². The van der Waals surface area contributed by atoms with Crippen LogP contribution in [0.2, 0.25) is 0 Å². The van der Waals surface area contributed by atoms with Crippen LogP contribution in [0.4, 0.5) is 0 Å². The standard InChI is InChI=1S/C14H20N2O2/c1-11-3-4-13(9-12(11)2)18-10-14(17)16-7-5-15-6-8-16/h3-4,9,15H,5-8,10H2,1-2H3. The minimum absolute atomic E-state index is 0.0646. The van der Waals surface area contributed by atoms with Gasteiger partial charge in [-0.3, -0.25) is 4.79 Å². The van der Waals surface area contributed by atoms with Crippen molar-refractivity contribution in [2.24, 2.45) is 0 Å². The van der Waals surface area contributed by atoms with Crippen molar-refractivity contribution >= 4 is 5.91 Å². The number of benzene rings is 1. The Morgan fingerprint density at radius 3 is 2.67 bits per heavy atom. The molecule has 0 spiro atoms. The molecule has 1 aliphatic rings. The Morgan fingerprint density at radius 1 is 1.28 bits per heavy atom. The van der Waals surface area contributed by atoms with Crippen molar-refractivity contribution in [3.63, 3.8) is 0 Å². The molecule has 0 aromatic heterocycles. The van der Waals surface area contributed by atoms with Crippen LogP contribution in [0.15, 0.2) is 18.2 Å². The highest BCUT2D eigenvalue weighted by atomic mass is 16.5. The molecule has 1 saturated heterocycles. The third kappa shape index (κ3) is 3.23. The molecule has 1 aromatic rings. The van der Waals surface area contributed by atoms with Crippen molar-refractivity contribution in [1.82, 2.24) is 10.2 Å². The Bertz CT molecular complexity index is 426. The van der Waals surface area contributed by atoms with E-state index in [0.717, 1.165) is 31.9 Å². The van der Waals surface area contributed by atoms with Gasteiger partial charge in [0.25, 0.3) is 5.91 Å². The van der Waals surface area contributed by atoms with Gasteiger partial charge in [-0.05, 0) is 37.1 Å². The Hall–Kier alpha value is -1.55. The second-order valence-electron chi connectivity index (χ2n) is 4.67. The SMILES string of the molecule is Cc1ccc(OCC(=O)N2CCNCC2)cc1C. The average molecular weight is 248 g/mol. The van der Waals surface area contributed by atoms with E-state index >= 15 is 0 Å². The third-order valence-corrected chi connectivity index (χ3v) is 3.31. The number of nitrogens with one attached hydrogen (secondary N) is 1. The fraction of sp³-hybridized carbons (Fsp3) is 0.500. The summed E-state index contributed by atoms with van der Waals surface area (Å²) >= 11 is 0. The van der Waals surface area contributed by atoms with Gasteiger partial charge >= 0.3 is 0 Å². The Morgan fingerprint density at radius 2 is 2.00 bits per heavy atom. The molecular formula is C14H20N2O2. The molecule has 98 valence electrons. The number of nitrogens with zero attached hydrogens (tertiary/aromatic N) is 1. The van der Waals surface area contributed by atoms with Gasteiger partial charge in [0.1, 0.15) is 5.75 Å².